The van der Waals surface area contributed by atoms with Crippen LogP contribution in [0, 0.1) is 17.8 Å². The van der Waals surface area contributed by atoms with Crippen LogP contribution in [0.3, 0.4) is 0 Å². The van der Waals surface area contributed by atoms with E-state index in [2.05, 4.69) is 10.6 Å². The zero-order valence-electron chi connectivity index (χ0n) is 10.6. The number of urea groups is 1. The fourth-order valence-electron chi connectivity index (χ4n) is 3.55. The third-order valence-corrected chi connectivity index (χ3v) is 4.44. The quantitative estimate of drug-likeness (QED) is 0.842. The number of benzene rings is 1. The predicted molar refractivity (Wildman–Crippen MR) is 72.4 cm³/mol. The Balaban J connectivity index is 1.45. The molecule has 3 heteroatoms. The Labute approximate surface area is 108 Å². The number of carbonyl (C=O) groups is 1. The van der Waals surface area contributed by atoms with E-state index < -0.39 is 0 Å². The lowest BCUT2D eigenvalue weighted by molar-refractivity contribution is 0.245. The minimum atomic E-state index is -0.0797. The van der Waals surface area contributed by atoms with E-state index in [9.17, 15) is 4.79 Å². The van der Waals surface area contributed by atoms with Crippen LogP contribution in [0.2, 0.25) is 0 Å². The van der Waals surface area contributed by atoms with Crippen LogP contribution in [0.15, 0.2) is 30.3 Å². The summed E-state index contributed by atoms with van der Waals surface area (Å²) in [5, 5.41) is 5.87. The lowest BCUT2D eigenvalue weighted by atomic mass is 9.89. The Bertz CT molecular complexity index is 418. The van der Waals surface area contributed by atoms with Gasteiger partial charge in [-0.05, 0) is 49.1 Å². The van der Waals surface area contributed by atoms with Crippen molar-refractivity contribution in [1.82, 2.24) is 5.32 Å². The zero-order valence-corrected chi connectivity index (χ0v) is 10.6. The maximum absolute atomic E-state index is 11.8. The van der Waals surface area contributed by atoms with E-state index >= 15 is 0 Å². The topological polar surface area (TPSA) is 41.1 Å². The lowest BCUT2D eigenvalue weighted by Crippen LogP contribution is -2.34. The second kappa shape index (κ2) is 5.01. The molecule has 3 atom stereocenters. The first-order chi connectivity index (χ1) is 8.81. The molecule has 1 aromatic rings. The van der Waals surface area contributed by atoms with Crippen molar-refractivity contribution in [3.63, 3.8) is 0 Å². The average Bonchev–Trinajstić information content (AvgIpc) is 3.00. The van der Waals surface area contributed by atoms with Crippen LogP contribution in [0.1, 0.15) is 25.7 Å². The lowest BCUT2D eigenvalue weighted by Gasteiger charge is -2.21. The van der Waals surface area contributed by atoms with E-state index in [1.54, 1.807) is 0 Å². The number of para-hydroxylation sites is 1. The van der Waals surface area contributed by atoms with Crippen LogP contribution >= 0.6 is 0 Å². The molecule has 2 aliphatic carbocycles. The molecule has 3 unspecified atom stereocenters. The van der Waals surface area contributed by atoms with Gasteiger partial charge in [0.25, 0.3) is 0 Å². The van der Waals surface area contributed by atoms with E-state index in [4.69, 9.17) is 0 Å². The Hall–Kier alpha value is -1.51. The van der Waals surface area contributed by atoms with Crippen molar-refractivity contribution >= 4 is 11.7 Å². The molecular formula is C15H20N2O. The highest BCUT2D eigenvalue weighted by Crippen LogP contribution is 2.47. The molecule has 96 valence electrons. The minimum absolute atomic E-state index is 0.0797. The number of hydrogen-bond acceptors (Lipinski definition) is 1. The van der Waals surface area contributed by atoms with Crippen LogP contribution in [0.25, 0.3) is 0 Å². The molecule has 0 aliphatic heterocycles. The van der Waals surface area contributed by atoms with Crippen molar-refractivity contribution in [2.75, 3.05) is 11.9 Å². The summed E-state index contributed by atoms with van der Waals surface area (Å²) in [6.45, 7) is 0.833. The summed E-state index contributed by atoms with van der Waals surface area (Å²) in [5.74, 6) is 2.52. The zero-order chi connectivity index (χ0) is 12.4. The molecule has 0 spiro atoms. The third kappa shape index (κ3) is 2.50. The van der Waals surface area contributed by atoms with Crippen molar-refractivity contribution in [2.24, 2.45) is 17.8 Å². The van der Waals surface area contributed by atoms with Gasteiger partial charge in [-0.15, -0.1) is 0 Å². The standard InChI is InChI=1S/C15H20N2O/c18-15(17-14-4-2-1-3-5-14)16-10-13-9-11-6-7-12(13)8-11/h1-5,11-13H,6-10H2,(H2,16,17,18). The predicted octanol–water partition coefficient (Wildman–Crippen LogP) is 3.24. The molecule has 2 aliphatic rings. The molecule has 18 heavy (non-hydrogen) atoms. The molecule has 2 saturated carbocycles. The van der Waals surface area contributed by atoms with Gasteiger partial charge in [0.1, 0.15) is 0 Å². The largest absolute Gasteiger partial charge is 0.338 e. The number of amides is 2. The van der Waals surface area contributed by atoms with Gasteiger partial charge in [0, 0.05) is 12.2 Å². The van der Waals surface area contributed by atoms with Gasteiger partial charge in [-0.3, -0.25) is 0 Å². The highest BCUT2D eigenvalue weighted by Gasteiger charge is 2.39. The first kappa shape index (κ1) is 11.6. The minimum Gasteiger partial charge on any atom is -0.338 e. The molecule has 0 heterocycles. The van der Waals surface area contributed by atoms with Gasteiger partial charge < -0.3 is 10.6 Å². The van der Waals surface area contributed by atoms with E-state index in [1.807, 2.05) is 30.3 Å². The summed E-state index contributed by atoms with van der Waals surface area (Å²) in [5.41, 5.74) is 0.850. The normalized spacial score (nSPS) is 29.2. The molecule has 3 nitrogen and oxygen atoms in total. The molecule has 2 fully saturated rings. The molecular weight excluding hydrogens is 224 g/mol. The maximum Gasteiger partial charge on any atom is 0.319 e. The van der Waals surface area contributed by atoms with Gasteiger partial charge in [0.05, 0.1) is 0 Å². The number of nitrogens with one attached hydrogen (secondary N) is 2. The van der Waals surface area contributed by atoms with Crippen molar-refractivity contribution in [1.29, 1.82) is 0 Å². The molecule has 1 aromatic carbocycles. The first-order valence-corrected chi connectivity index (χ1v) is 6.91. The Kier molecular flexibility index (Phi) is 3.22. The second-order valence-corrected chi connectivity index (χ2v) is 5.64. The highest BCUT2D eigenvalue weighted by atomic mass is 16.2. The van der Waals surface area contributed by atoms with Crippen LogP contribution in [0.4, 0.5) is 10.5 Å². The van der Waals surface area contributed by atoms with Gasteiger partial charge in [-0.25, -0.2) is 4.79 Å². The van der Waals surface area contributed by atoms with Crippen molar-refractivity contribution in [2.45, 2.75) is 25.7 Å². The van der Waals surface area contributed by atoms with Gasteiger partial charge in [0.15, 0.2) is 0 Å². The van der Waals surface area contributed by atoms with Crippen molar-refractivity contribution in [3.05, 3.63) is 30.3 Å². The van der Waals surface area contributed by atoms with Gasteiger partial charge in [-0.1, -0.05) is 24.6 Å². The first-order valence-electron chi connectivity index (χ1n) is 6.91. The number of carbonyl (C=O) groups excluding carboxylic acids is 1. The summed E-state index contributed by atoms with van der Waals surface area (Å²) in [6.07, 6.45) is 5.50. The summed E-state index contributed by atoms with van der Waals surface area (Å²) < 4.78 is 0. The number of hydrogen-bond donors (Lipinski definition) is 2. The number of fused-ring (bicyclic) bond motifs is 2. The summed E-state index contributed by atoms with van der Waals surface area (Å²) >= 11 is 0. The molecule has 2 N–H and O–H groups in total. The monoisotopic (exact) mass is 244 g/mol. The van der Waals surface area contributed by atoms with E-state index in [0.29, 0.717) is 5.92 Å². The molecule has 0 saturated heterocycles. The Morgan fingerprint density at radius 2 is 2.00 bits per heavy atom. The average molecular weight is 244 g/mol. The molecule has 3 rings (SSSR count). The molecule has 2 amide bonds. The van der Waals surface area contributed by atoms with E-state index in [0.717, 1.165) is 24.1 Å². The molecule has 0 radical (unpaired) electrons. The molecule has 2 bridgehead atoms. The summed E-state index contributed by atoms with van der Waals surface area (Å²) in [6, 6.07) is 9.51. The second-order valence-electron chi connectivity index (χ2n) is 5.64. The van der Waals surface area contributed by atoms with Gasteiger partial charge >= 0.3 is 6.03 Å². The smallest absolute Gasteiger partial charge is 0.319 e. The summed E-state index contributed by atoms with van der Waals surface area (Å²) in [7, 11) is 0. The fourth-order valence-corrected chi connectivity index (χ4v) is 3.55. The van der Waals surface area contributed by atoms with E-state index in [1.165, 1.54) is 25.7 Å². The maximum atomic E-state index is 11.8. The van der Waals surface area contributed by atoms with Crippen LogP contribution in [-0.4, -0.2) is 12.6 Å². The molecule has 0 aromatic heterocycles. The van der Waals surface area contributed by atoms with Crippen LogP contribution < -0.4 is 10.6 Å². The Morgan fingerprint density at radius 3 is 2.67 bits per heavy atom. The third-order valence-electron chi connectivity index (χ3n) is 4.44. The fraction of sp³-hybridized carbons (Fsp3) is 0.533. The Morgan fingerprint density at radius 1 is 1.17 bits per heavy atom. The van der Waals surface area contributed by atoms with Crippen molar-refractivity contribution in [3.8, 4) is 0 Å². The van der Waals surface area contributed by atoms with Gasteiger partial charge in [-0.2, -0.15) is 0 Å². The van der Waals surface area contributed by atoms with E-state index in [-0.39, 0.29) is 6.03 Å². The van der Waals surface area contributed by atoms with Crippen LogP contribution in [0.5, 0.6) is 0 Å². The summed E-state index contributed by atoms with van der Waals surface area (Å²) in [4.78, 5) is 11.8. The van der Waals surface area contributed by atoms with Crippen LogP contribution in [-0.2, 0) is 0 Å². The van der Waals surface area contributed by atoms with Gasteiger partial charge in [0.2, 0.25) is 0 Å². The van der Waals surface area contributed by atoms with Crippen molar-refractivity contribution < 1.29 is 4.79 Å². The highest BCUT2D eigenvalue weighted by molar-refractivity contribution is 5.89. The SMILES string of the molecule is O=C(NCC1CC2CCC1C2)Nc1ccccc1. The number of rotatable bonds is 3. The number of anilines is 1.